The van der Waals surface area contributed by atoms with Crippen LogP contribution >= 0.6 is 11.6 Å². The van der Waals surface area contributed by atoms with Gasteiger partial charge in [0.1, 0.15) is 5.75 Å². The van der Waals surface area contributed by atoms with E-state index in [9.17, 15) is 8.78 Å². The summed E-state index contributed by atoms with van der Waals surface area (Å²) in [5.41, 5.74) is 0.793. The Kier molecular flexibility index (Phi) is 7.01. The largest absolute Gasteiger partial charge is 0.433 e. The monoisotopic (exact) mass is 295 g/mol. The van der Waals surface area contributed by atoms with Crippen molar-refractivity contribution >= 4 is 11.6 Å². The molecule has 19 heavy (non-hydrogen) atoms. The molecule has 0 aromatic heterocycles. The number of aliphatic hydroxyl groups is 1. The summed E-state index contributed by atoms with van der Waals surface area (Å²) in [5, 5.41) is 12.2. The molecule has 1 aromatic rings. The second kappa shape index (κ2) is 8.27. The van der Waals surface area contributed by atoms with Crippen molar-refractivity contribution in [3.63, 3.8) is 0 Å². The average Bonchev–Trinajstić information content (AvgIpc) is 2.37. The lowest BCUT2D eigenvalue weighted by Gasteiger charge is -2.15. The Labute approximate surface area is 115 Å². The molecule has 0 radical (unpaired) electrons. The van der Waals surface area contributed by atoms with E-state index in [4.69, 9.17) is 21.4 Å². The Balaban J connectivity index is 2.58. The smallest absolute Gasteiger partial charge is 0.387 e. The van der Waals surface area contributed by atoms with Crippen LogP contribution in [0.15, 0.2) is 18.2 Å². The van der Waals surface area contributed by atoms with Gasteiger partial charge in [0.25, 0.3) is 0 Å². The highest BCUT2D eigenvalue weighted by Gasteiger charge is 2.10. The van der Waals surface area contributed by atoms with E-state index in [0.29, 0.717) is 13.2 Å². The summed E-state index contributed by atoms with van der Waals surface area (Å²) < 4.78 is 33.3. The van der Waals surface area contributed by atoms with Gasteiger partial charge in [-0.1, -0.05) is 17.7 Å². The van der Waals surface area contributed by atoms with Gasteiger partial charge >= 0.3 is 6.61 Å². The quantitative estimate of drug-likeness (QED) is 0.770. The third kappa shape index (κ3) is 5.69. The first-order valence-electron chi connectivity index (χ1n) is 5.63. The molecule has 0 amide bonds. The predicted octanol–water partition coefficient (Wildman–Crippen LogP) is 2.04. The summed E-state index contributed by atoms with van der Waals surface area (Å²) >= 11 is 5.82. The van der Waals surface area contributed by atoms with Crippen molar-refractivity contribution in [3.8, 4) is 5.75 Å². The van der Waals surface area contributed by atoms with Gasteiger partial charge in [-0.05, 0) is 17.7 Å². The molecule has 7 heteroatoms. The molecule has 0 saturated heterocycles. The van der Waals surface area contributed by atoms with Gasteiger partial charge in [-0.25, -0.2) is 0 Å². The molecule has 0 aliphatic carbocycles. The molecule has 1 rings (SSSR count). The highest BCUT2D eigenvalue weighted by atomic mass is 35.5. The number of benzene rings is 1. The first-order chi connectivity index (χ1) is 9.06. The molecule has 0 spiro atoms. The summed E-state index contributed by atoms with van der Waals surface area (Å²) in [7, 11) is 1.54. The van der Waals surface area contributed by atoms with E-state index < -0.39 is 6.61 Å². The van der Waals surface area contributed by atoms with Crippen molar-refractivity contribution < 1.29 is 23.4 Å². The Morgan fingerprint density at radius 1 is 1.42 bits per heavy atom. The maximum Gasteiger partial charge on any atom is 0.387 e. The van der Waals surface area contributed by atoms with Crippen LogP contribution in [-0.2, 0) is 11.3 Å². The molecule has 0 saturated carbocycles. The molecular weight excluding hydrogens is 280 g/mol. The van der Waals surface area contributed by atoms with Crippen molar-refractivity contribution in [2.24, 2.45) is 0 Å². The molecule has 0 aliphatic heterocycles. The number of rotatable bonds is 8. The number of ether oxygens (including phenoxy) is 2. The Bertz CT molecular complexity index is 393. The summed E-state index contributed by atoms with van der Waals surface area (Å²) in [5.74, 6) is -0.0592. The zero-order valence-corrected chi connectivity index (χ0v) is 11.2. The molecule has 2 N–H and O–H groups in total. The lowest BCUT2D eigenvalue weighted by atomic mass is 10.2. The van der Waals surface area contributed by atoms with Crippen LogP contribution in [0.4, 0.5) is 8.78 Å². The minimum atomic E-state index is -2.90. The number of aliphatic hydroxyl groups excluding tert-OH is 1. The fourth-order valence-corrected chi connectivity index (χ4v) is 1.73. The van der Waals surface area contributed by atoms with Gasteiger partial charge in [0.05, 0.1) is 24.3 Å². The molecule has 0 unspecified atom stereocenters. The zero-order valence-electron chi connectivity index (χ0n) is 10.4. The molecule has 0 heterocycles. The Hall–Kier alpha value is -0.950. The predicted molar refractivity (Wildman–Crippen MR) is 67.7 cm³/mol. The second-order valence-electron chi connectivity index (χ2n) is 3.86. The van der Waals surface area contributed by atoms with Gasteiger partial charge in [0.2, 0.25) is 0 Å². The van der Waals surface area contributed by atoms with E-state index in [1.165, 1.54) is 19.2 Å². The van der Waals surface area contributed by atoms with Crippen molar-refractivity contribution in [2.45, 2.75) is 19.2 Å². The summed E-state index contributed by atoms with van der Waals surface area (Å²) in [6.45, 7) is -2.16. The molecular formula is C12H16ClF2NO3. The van der Waals surface area contributed by atoms with E-state index in [2.05, 4.69) is 10.1 Å². The van der Waals surface area contributed by atoms with Crippen LogP contribution in [0.2, 0.25) is 5.02 Å². The van der Waals surface area contributed by atoms with Gasteiger partial charge in [0.15, 0.2) is 0 Å². The molecule has 0 aliphatic rings. The van der Waals surface area contributed by atoms with Crippen LogP contribution in [0.3, 0.4) is 0 Å². The van der Waals surface area contributed by atoms with Gasteiger partial charge in [-0.3, -0.25) is 0 Å². The van der Waals surface area contributed by atoms with E-state index in [1.807, 2.05) is 0 Å². The van der Waals surface area contributed by atoms with Gasteiger partial charge < -0.3 is 19.9 Å². The topological polar surface area (TPSA) is 50.7 Å². The minimum absolute atomic E-state index is 0.0592. The lowest BCUT2D eigenvalue weighted by Crippen LogP contribution is -2.35. The van der Waals surface area contributed by atoms with Crippen LogP contribution in [0.25, 0.3) is 0 Å². The van der Waals surface area contributed by atoms with E-state index >= 15 is 0 Å². The molecule has 1 atom stereocenters. The molecule has 1 aromatic carbocycles. The normalized spacial score (nSPS) is 12.7. The second-order valence-corrected chi connectivity index (χ2v) is 4.27. The van der Waals surface area contributed by atoms with Crippen LogP contribution in [0, 0.1) is 0 Å². The van der Waals surface area contributed by atoms with Crippen molar-refractivity contribution in [3.05, 3.63) is 28.8 Å². The van der Waals surface area contributed by atoms with Gasteiger partial charge in [-0.2, -0.15) is 8.78 Å². The van der Waals surface area contributed by atoms with Crippen LogP contribution in [0.5, 0.6) is 5.75 Å². The molecule has 108 valence electrons. The first kappa shape index (κ1) is 16.1. The fourth-order valence-electron chi connectivity index (χ4n) is 1.49. The highest BCUT2D eigenvalue weighted by Crippen LogP contribution is 2.26. The standard InChI is InChI=1S/C12H16ClF2NO3/c1-18-7-9(6-17)16-5-8-2-3-11(10(13)4-8)19-12(14)15/h2-4,9,12,16-17H,5-7H2,1H3/t9-/m1/s1. The van der Waals surface area contributed by atoms with Crippen LogP contribution in [-0.4, -0.2) is 38.1 Å². The Morgan fingerprint density at radius 2 is 2.16 bits per heavy atom. The third-order valence-electron chi connectivity index (χ3n) is 2.40. The highest BCUT2D eigenvalue weighted by molar-refractivity contribution is 6.32. The average molecular weight is 296 g/mol. The van der Waals surface area contributed by atoms with Crippen molar-refractivity contribution in [1.82, 2.24) is 5.32 Å². The minimum Gasteiger partial charge on any atom is -0.433 e. The van der Waals surface area contributed by atoms with Crippen molar-refractivity contribution in [1.29, 1.82) is 0 Å². The van der Waals surface area contributed by atoms with Gasteiger partial charge in [0, 0.05) is 13.7 Å². The number of halogens is 3. The maximum absolute atomic E-state index is 12.1. The van der Waals surface area contributed by atoms with Gasteiger partial charge in [-0.15, -0.1) is 0 Å². The summed E-state index contributed by atoms with van der Waals surface area (Å²) in [6, 6.07) is 4.35. The summed E-state index contributed by atoms with van der Waals surface area (Å²) in [4.78, 5) is 0. The number of alkyl halides is 2. The molecule has 4 nitrogen and oxygen atoms in total. The molecule has 0 bridgehead atoms. The first-order valence-corrected chi connectivity index (χ1v) is 6.01. The van der Waals surface area contributed by atoms with Crippen molar-refractivity contribution in [2.75, 3.05) is 20.3 Å². The van der Waals surface area contributed by atoms with E-state index in [0.717, 1.165) is 5.56 Å². The number of methoxy groups -OCH3 is 1. The number of hydrogen-bond donors (Lipinski definition) is 2. The fraction of sp³-hybridized carbons (Fsp3) is 0.500. The van der Waals surface area contributed by atoms with E-state index in [-0.39, 0.29) is 23.4 Å². The number of nitrogens with one attached hydrogen (secondary N) is 1. The van der Waals surface area contributed by atoms with Crippen LogP contribution in [0.1, 0.15) is 5.56 Å². The SMILES string of the molecule is COC[C@@H](CO)NCc1ccc(OC(F)F)c(Cl)c1. The third-order valence-corrected chi connectivity index (χ3v) is 2.69. The van der Waals surface area contributed by atoms with Crippen LogP contribution < -0.4 is 10.1 Å². The summed E-state index contributed by atoms with van der Waals surface area (Å²) in [6.07, 6.45) is 0. The van der Waals surface area contributed by atoms with E-state index in [1.54, 1.807) is 6.07 Å². The Morgan fingerprint density at radius 3 is 2.68 bits per heavy atom. The maximum atomic E-state index is 12.1. The molecule has 0 fully saturated rings. The number of hydrogen-bond acceptors (Lipinski definition) is 4. The zero-order chi connectivity index (χ0) is 14.3. The lowest BCUT2D eigenvalue weighted by molar-refractivity contribution is -0.0497.